The molecule has 8 heteroatoms. The van der Waals surface area contributed by atoms with Crippen LogP contribution in [-0.4, -0.2) is 47.8 Å². The maximum Gasteiger partial charge on any atom is 0.303 e. The Hall–Kier alpha value is -2.25. The van der Waals surface area contributed by atoms with Gasteiger partial charge >= 0.3 is 17.9 Å². The van der Waals surface area contributed by atoms with E-state index in [0.717, 1.165) is 20.8 Å². The highest BCUT2D eigenvalue weighted by atomic mass is 16.6. The first-order chi connectivity index (χ1) is 11.1. The van der Waals surface area contributed by atoms with Crippen LogP contribution in [0.25, 0.3) is 0 Å². The smallest absolute Gasteiger partial charge is 0.303 e. The zero-order valence-electron chi connectivity index (χ0n) is 14.0. The number of fused-ring (bicyclic) bond motifs is 2. The van der Waals surface area contributed by atoms with E-state index in [1.54, 1.807) is 0 Å². The maximum absolute atomic E-state index is 12.8. The summed E-state index contributed by atoms with van der Waals surface area (Å²) >= 11 is 0. The number of carbonyl (C=O) groups excluding carboxylic acids is 5. The maximum atomic E-state index is 12.8. The summed E-state index contributed by atoms with van der Waals surface area (Å²) in [6, 6.07) is 0. The lowest BCUT2D eigenvalue weighted by atomic mass is 9.57. The molecule has 2 aliphatic rings. The van der Waals surface area contributed by atoms with Crippen LogP contribution in [0.3, 0.4) is 0 Å². The molecular formula is C16H20O8. The first kappa shape index (κ1) is 18.1. The van der Waals surface area contributed by atoms with E-state index in [9.17, 15) is 24.0 Å². The van der Waals surface area contributed by atoms with E-state index < -0.39 is 53.3 Å². The molecule has 2 saturated carbocycles. The molecular weight excluding hydrogens is 320 g/mol. The Morgan fingerprint density at radius 1 is 0.917 bits per heavy atom. The molecule has 0 aromatic carbocycles. The molecule has 5 atom stereocenters. The van der Waals surface area contributed by atoms with Gasteiger partial charge in [0.25, 0.3) is 0 Å². The third-order valence-electron chi connectivity index (χ3n) is 4.60. The standard InChI is InChI=1S/C16H20O8/c1-7(17)22-12-10-5-6-11(20)16(4,14(10)21)15(24-9(3)19)13(12)23-8(2)18/h10,12-13,15H,5-6H2,1-4H3/t10-,12+,13-,15-,16-/m0/s1. The first-order valence-corrected chi connectivity index (χ1v) is 7.68. The van der Waals surface area contributed by atoms with Gasteiger partial charge in [-0.15, -0.1) is 0 Å². The lowest BCUT2D eigenvalue weighted by Crippen LogP contribution is -2.68. The van der Waals surface area contributed by atoms with E-state index >= 15 is 0 Å². The quantitative estimate of drug-likeness (QED) is 0.411. The second kappa shape index (κ2) is 6.33. The molecule has 24 heavy (non-hydrogen) atoms. The number of carbonyl (C=O) groups is 5. The molecule has 0 saturated heterocycles. The number of ketones is 2. The van der Waals surface area contributed by atoms with Crippen molar-refractivity contribution in [3.05, 3.63) is 0 Å². The first-order valence-electron chi connectivity index (χ1n) is 7.68. The Morgan fingerprint density at radius 3 is 1.92 bits per heavy atom. The topological polar surface area (TPSA) is 113 Å². The van der Waals surface area contributed by atoms with Gasteiger partial charge in [0.1, 0.15) is 11.2 Å². The third kappa shape index (κ3) is 2.92. The third-order valence-corrected chi connectivity index (χ3v) is 4.60. The van der Waals surface area contributed by atoms with E-state index in [1.807, 2.05) is 0 Å². The Kier molecular flexibility index (Phi) is 4.77. The molecule has 0 aromatic rings. The fraction of sp³-hybridized carbons (Fsp3) is 0.688. The average molecular weight is 340 g/mol. The van der Waals surface area contributed by atoms with E-state index in [1.165, 1.54) is 6.92 Å². The van der Waals surface area contributed by atoms with E-state index in [-0.39, 0.29) is 18.6 Å². The molecule has 0 heterocycles. The van der Waals surface area contributed by atoms with Crippen LogP contribution in [0, 0.1) is 11.3 Å². The van der Waals surface area contributed by atoms with Gasteiger partial charge in [-0.1, -0.05) is 0 Å². The second-order valence-corrected chi connectivity index (χ2v) is 6.31. The number of ether oxygens (including phenoxy) is 3. The van der Waals surface area contributed by atoms with Gasteiger partial charge in [0.05, 0.1) is 5.92 Å². The van der Waals surface area contributed by atoms with Crippen molar-refractivity contribution in [1.29, 1.82) is 0 Å². The van der Waals surface area contributed by atoms with Gasteiger partial charge in [0, 0.05) is 27.2 Å². The van der Waals surface area contributed by atoms with Crippen LogP contribution in [0.15, 0.2) is 0 Å². The van der Waals surface area contributed by atoms with Crippen molar-refractivity contribution in [1.82, 2.24) is 0 Å². The van der Waals surface area contributed by atoms with E-state index in [0.29, 0.717) is 0 Å². The summed E-state index contributed by atoms with van der Waals surface area (Å²) in [7, 11) is 0. The minimum absolute atomic E-state index is 0.0925. The van der Waals surface area contributed by atoms with Crippen LogP contribution in [0.1, 0.15) is 40.5 Å². The summed E-state index contributed by atoms with van der Waals surface area (Å²) in [5, 5.41) is 0. The molecule has 0 amide bonds. The van der Waals surface area contributed by atoms with Crippen LogP contribution in [-0.2, 0) is 38.2 Å². The number of esters is 3. The average Bonchev–Trinajstić information content (AvgIpc) is 2.45. The highest BCUT2D eigenvalue weighted by Crippen LogP contribution is 2.47. The summed E-state index contributed by atoms with van der Waals surface area (Å²) in [5.41, 5.74) is -1.62. The van der Waals surface area contributed by atoms with Crippen LogP contribution in [0.2, 0.25) is 0 Å². The molecule has 8 nitrogen and oxygen atoms in total. The van der Waals surface area contributed by atoms with Crippen molar-refractivity contribution < 1.29 is 38.2 Å². The molecule has 2 fully saturated rings. The van der Waals surface area contributed by atoms with E-state index in [4.69, 9.17) is 14.2 Å². The molecule has 0 N–H and O–H groups in total. The largest absolute Gasteiger partial charge is 0.458 e. The predicted molar refractivity (Wildman–Crippen MR) is 77.5 cm³/mol. The van der Waals surface area contributed by atoms with Crippen molar-refractivity contribution in [3.8, 4) is 0 Å². The van der Waals surface area contributed by atoms with Gasteiger partial charge in [-0.2, -0.15) is 0 Å². The SMILES string of the molecule is CC(=O)O[C@H]1[C@H](OC(C)=O)[C@H](OC(C)=O)[C@@]2(C)C(=O)CC[C@@H]1C2=O. The number of Topliss-reactive ketones (excluding diaryl/α,β-unsaturated/α-hetero) is 2. The fourth-order valence-corrected chi connectivity index (χ4v) is 3.57. The summed E-state index contributed by atoms with van der Waals surface area (Å²) in [6.07, 6.45) is -3.36. The van der Waals surface area contributed by atoms with Gasteiger partial charge in [0.15, 0.2) is 24.1 Å². The van der Waals surface area contributed by atoms with Gasteiger partial charge < -0.3 is 14.2 Å². The van der Waals surface area contributed by atoms with E-state index in [2.05, 4.69) is 0 Å². The predicted octanol–water partition coefficient (Wildman–Crippen LogP) is 0.350. The highest BCUT2D eigenvalue weighted by molar-refractivity contribution is 6.11. The van der Waals surface area contributed by atoms with Crippen molar-refractivity contribution in [2.45, 2.75) is 58.8 Å². The van der Waals surface area contributed by atoms with Crippen molar-refractivity contribution >= 4 is 29.5 Å². The zero-order valence-corrected chi connectivity index (χ0v) is 14.0. The van der Waals surface area contributed by atoms with Gasteiger partial charge in [-0.25, -0.2) is 0 Å². The highest BCUT2D eigenvalue weighted by Gasteiger charge is 2.66. The molecule has 0 unspecified atom stereocenters. The molecule has 2 rings (SSSR count). The molecule has 0 spiro atoms. The normalized spacial score (nSPS) is 35.2. The lowest BCUT2D eigenvalue weighted by molar-refractivity contribution is -0.217. The Morgan fingerprint density at radius 2 is 1.42 bits per heavy atom. The monoisotopic (exact) mass is 340 g/mol. The molecule has 132 valence electrons. The van der Waals surface area contributed by atoms with Crippen LogP contribution in [0.5, 0.6) is 0 Å². The summed E-state index contributed by atoms with van der Waals surface area (Å²) in [5.74, 6) is -3.71. The summed E-state index contributed by atoms with van der Waals surface area (Å²) < 4.78 is 15.6. The fourth-order valence-electron chi connectivity index (χ4n) is 3.57. The zero-order chi connectivity index (χ0) is 18.2. The van der Waals surface area contributed by atoms with Crippen LogP contribution < -0.4 is 0 Å². The van der Waals surface area contributed by atoms with Crippen LogP contribution in [0.4, 0.5) is 0 Å². The van der Waals surface area contributed by atoms with Gasteiger partial charge in [-0.3, -0.25) is 24.0 Å². The Bertz CT molecular complexity index is 609. The van der Waals surface area contributed by atoms with Crippen molar-refractivity contribution in [3.63, 3.8) is 0 Å². The Labute approximate surface area is 138 Å². The van der Waals surface area contributed by atoms with Crippen molar-refractivity contribution in [2.75, 3.05) is 0 Å². The number of hydrogen-bond donors (Lipinski definition) is 0. The summed E-state index contributed by atoms with van der Waals surface area (Å²) in [4.78, 5) is 59.7. The minimum Gasteiger partial charge on any atom is -0.458 e. The molecule has 2 aliphatic carbocycles. The lowest BCUT2D eigenvalue weighted by Gasteiger charge is -2.50. The Balaban J connectivity index is 2.55. The molecule has 0 aromatic heterocycles. The summed E-state index contributed by atoms with van der Waals surface area (Å²) in [6.45, 7) is 4.82. The second-order valence-electron chi connectivity index (χ2n) is 6.31. The van der Waals surface area contributed by atoms with Crippen molar-refractivity contribution in [2.24, 2.45) is 11.3 Å². The number of rotatable bonds is 3. The van der Waals surface area contributed by atoms with Gasteiger partial charge in [0.2, 0.25) is 0 Å². The molecule has 0 aliphatic heterocycles. The van der Waals surface area contributed by atoms with Gasteiger partial charge in [-0.05, 0) is 13.3 Å². The van der Waals surface area contributed by atoms with Crippen LogP contribution >= 0.6 is 0 Å². The molecule has 2 bridgehead atoms. The molecule has 0 radical (unpaired) electrons. The minimum atomic E-state index is -1.62. The number of hydrogen-bond acceptors (Lipinski definition) is 8.